The summed E-state index contributed by atoms with van der Waals surface area (Å²) in [6.07, 6.45) is 3.99. The van der Waals surface area contributed by atoms with E-state index in [2.05, 4.69) is 23.7 Å². The van der Waals surface area contributed by atoms with Gasteiger partial charge in [0.05, 0.1) is 12.0 Å². The molecule has 96 valence electrons. The van der Waals surface area contributed by atoms with Crippen LogP contribution in [0.4, 0.5) is 0 Å². The van der Waals surface area contributed by atoms with Crippen LogP contribution >= 0.6 is 0 Å². The number of imidazole rings is 1. The zero-order valence-corrected chi connectivity index (χ0v) is 11.5. The van der Waals surface area contributed by atoms with E-state index in [1.165, 1.54) is 0 Å². The molecule has 0 fully saturated rings. The Bertz CT molecular complexity index is 378. The third-order valence-electron chi connectivity index (χ3n) is 3.48. The maximum Gasteiger partial charge on any atom is 0.159 e. The smallest absolute Gasteiger partial charge is 0.159 e. The first-order valence-corrected chi connectivity index (χ1v) is 6.18. The summed E-state index contributed by atoms with van der Waals surface area (Å²) in [4.78, 5) is 18.7. The van der Waals surface area contributed by atoms with Crippen LogP contribution in [0.5, 0.6) is 0 Å². The normalized spacial score (nSPS) is 12.1. The van der Waals surface area contributed by atoms with Gasteiger partial charge < -0.3 is 4.57 Å². The first kappa shape index (κ1) is 13.9. The lowest BCUT2D eigenvalue weighted by molar-refractivity contribution is -0.128. The summed E-state index contributed by atoms with van der Waals surface area (Å²) in [5, 5.41) is 0. The number of hydrogen-bond acceptors (Lipinski definition) is 3. The SMILES string of the molecule is CCN(CC)C(C)(C)C(=O)Cc1nccn1C. The minimum absolute atomic E-state index is 0.218. The number of ketones is 1. The monoisotopic (exact) mass is 237 g/mol. The number of carbonyl (C=O) groups is 1. The van der Waals surface area contributed by atoms with Crippen LogP contribution in [0.2, 0.25) is 0 Å². The molecule has 1 aromatic heterocycles. The van der Waals surface area contributed by atoms with Gasteiger partial charge in [0.15, 0.2) is 5.78 Å². The highest BCUT2D eigenvalue weighted by molar-refractivity contribution is 5.88. The summed E-state index contributed by atoms with van der Waals surface area (Å²) < 4.78 is 1.90. The molecular formula is C13H23N3O. The van der Waals surface area contributed by atoms with Gasteiger partial charge in [-0.15, -0.1) is 0 Å². The number of hydrogen-bond donors (Lipinski definition) is 0. The third-order valence-corrected chi connectivity index (χ3v) is 3.48. The van der Waals surface area contributed by atoms with Crippen LogP contribution in [-0.2, 0) is 18.3 Å². The molecule has 0 amide bonds. The Balaban J connectivity index is 2.79. The molecule has 0 bridgehead atoms. The molecule has 0 atom stereocenters. The molecule has 1 rings (SSSR count). The highest BCUT2D eigenvalue weighted by Crippen LogP contribution is 2.17. The van der Waals surface area contributed by atoms with Crippen LogP contribution in [0.25, 0.3) is 0 Å². The van der Waals surface area contributed by atoms with Gasteiger partial charge in [-0.05, 0) is 26.9 Å². The van der Waals surface area contributed by atoms with Crippen molar-refractivity contribution in [3.05, 3.63) is 18.2 Å². The maximum absolute atomic E-state index is 12.3. The van der Waals surface area contributed by atoms with Gasteiger partial charge in [-0.25, -0.2) is 4.98 Å². The topological polar surface area (TPSA) is 38.1 Å². The number of aryl methyl sites for hydroxylation is 1. The zero-order chi connectivity index (χ0) is 13.1. The minimum atomic E-state index is -0.421. The van der Waals surface area contributed by atoms with Gasteiger partial charge in [-0.3, -0.25) is 9.69 Å². The van der Waals surface area contributed by atoms with Crippen LogP contribution in [0.15, 0.2) is 12.4 Å². The fraction of sp³-hybridized carbons (Fsp3) is 0.692. The van der Waals surface area contributed by atoms with E-state index in [9.17, 15) is 4.79 Å². The molecule has 0 unspecified atom stereocenters. The van der Waals surface area contributed by atoms with E-state index in [4.69, 9.17) is 0 Å². The predicted octanol–water partition coefficient (Wildman–Crippen LogP) is 1.65. The molecule has 17 heavy (non-hydrogen) atoms. The predicted molar refractivity (Wildman–Crippen MR) is 68.9 cm³/mol. The van der Waals surface area contributed by atoms with Crippen molar-refractivity contribution >= 4 is 5.78 Å². The third kappa shape index (κ3) is 2.94. The second-order valence-corrected chi connectivity index (χ2v) is 4.79. The van der Waals surface area contributed by atoms with E-state index < -0.39 is 5.54 Å². The van der Waals surface area contributed by atoms with Crippen molar-refractivity contribution < 1.29 is 4.79 Å². The van der Waals surface area contributed by atoms with E-state index >= 15 is 0 Å². The lowest BCUT2D eigenvalue weighted by Crippen LogP contribution is -2.50. The lowest BCUT2D eigenvalue weighted by Gasteiger charge is -2.35. The second-order valence-electron chi connectivity index (χ2n) is 4.79. The van der Waals surface area contributed by atoms with Gasteiger partial charge in [0, 0.05) is 19.4 Å². The van der Waals surface area contributed by atoms with Crippen molar-refractivity contribution in [3.8, 4) is 0 Å². The van der Waals surface area contributed by atoms with Crippen molar-refractivity contribution in [2.45, 2.75) is 39.7 Å². The molecule has 4 nitrogen and oxygen atoms in total. The van der Waals surface area contributed by atoms with E-state index in [1.54, 1.807) is 6.20 Å². The van der Waals surface area contributed by atoms with Crippen molar-refractivity contribution in [3.63, 3.8) is 0 Å². The van der Waals surface area contributed by atoms with Crippen molar-refractivity contribution in [1.82, 2.24) is 14.5 Å². The highest BCUT2D eigenvalue weighted by atomic mass is 16.1. The lowest BCUT2D eigenvalue weighted by atomic mass is 9.94. The second kappa shape index (κ2) is 5.45. The van der Waals surface area contributed by atoms with E-state index in [-0.39, 0.29) is 5.78 Å². The van der Waals surface area contributed by atoms with E-state index in [0.717, 1.165) is 18.9 Å². The van der Waals surface area contributed by atoms with Gasteiger partial charge in [0.25, 0.3) is 0 Å². The first-order chi connectivity index (χ1) is 7.93. The fourth-order valence-corrected chi connectivity index (χ4v) is 2.12. The number of nitrogens with zero attached hydrogens (tertiary/aromatic N) is 3. The van der Waals surface area contributed by atoms with Crippen molar-refractivity contribution in [2.24, 2.45) is 7.05 Å². The average molecular weight is 237 g/mol. The number of carbonyl (C=O) groups excluding carboxylic acids is 1. The summed E-state index contributed by atoms with van der Waals surface area (Å²) in [7, 11) is 1.92. The number of likely N-dealkylation sites (N-methyl/N-ethyl adjacent to an activating group) is 1. The molecule has 0 aromatic carbocycles. The summed E-state index contributed by atoms with van der Waals surface area (Å²) in [6, 6.07) is 0. The van der Waals surface area contributed by atoms with Gasteiger partial charge in [-0.2, -0.15) is 0 Å². The van der Waals surface area contributed by atoms with Crippen LogP contribution in [0.1, 0.15) is 33.5 Å². The maximum atomic E-state index is 12.3. The Morgan fingerprint density at radius 2 is 2.00 bits per heavy atom. The summed E-state index contributed by atoms with van der Waals surface area (Å²) in [5.74, 6) is 1.05. The van der Waals surface area contributed by atoms with Gasteiger partial charge in [0.2, 0.25) is 0 Å². The van der Waals surface area contributed by atoms with Crippen LogP contribution < -0.4 is 0 Å². The van der Waals surface area contributed by atoms with Gasteiger partial charge in [-0.1, -0.05) is 13.8 Å². The van der Waals surface area contributed by atoms with Gasteiger partial charge in [0.1, 0.15) is 5.82 Å². The molecule has 4 heteroatoms. The molecule has 0 radical (unpaired) electrons. The highest BCUT2D eigenvalue weighted by Gasteiger charge is 2.32. The fourth-order valence-electron chi connectivity index (χ4n) is 2.12. The van der Waals surface area contributed by atoms with Crippen molar-refractivity contribution in [2.75, 3.05) is 13.1 Å². The zero-order valence-electron chi connectivity index (χ0n) is 11.5. The molecule has 0 saturated carbocycles. The first-order valence-electron chi connectivity index (χ1n) is 6.18. The number of Topliss-reactive ketones (excluding diaryl/α,β-unsaturated/α-hetero) is 1. The van der Waals surface area contributed by atoms with Crippen LogP contribution in [-0.4, -0.2) is 38.9 Å². The Kier molecular flexibility index (Phi) is 4.46. The molecule has 1 heterocycles. The Morgan fingerprint density at radius 3 is 2.41 bits per heavy atom. The quantitative estimate of drug-likeness (QED) is 0.755. The molecular weight excluding hydrogens is 214 g/mol. The summed E-state index contributed by atoms with van der Waals surface area (Å²) in [6.45, 7) is 9.92. The summed E-state index contributed by atoms with van der Waals surface area (Å²) in [5.41, 5.74) is -0.421. The van der Waals surface area contributed by atoms with Gasteiger partial charge >= 0.3 is 0 Å². The molecule has 0 saturated heterocycles. The molecule has 0 aliphatic heterocycles. The largest absolute Gasteiger partial charge is 0.338 e. The molecule has 0 spiro atoms. The Labute approximate surface area is 104 Å². The minimum Gasteiger partial charge on any atom is -0.338 e. The van der Waals surface area contributed by atoms with E-state index in [1.807, 2.05) is 31.7 Å². The van der Waals surface area contributed by atoms with E-state index in [0.29, 0.717) is 6.42 Å². The summed E-state index contributed by atoms with van der Waals surface area (Å²) >= 11 is 0. The Hall–Kier alpha value is -1.16. The number of rotatable bonds is 6. The molecule has 0 aliphatic carbocycles. The van der Waals surface area contributed by atoms with Crippen LogP contribution in [0.3, 0.4) is 0 Å². The standard InChI is InChI=1S/C13H23N3O/c1-6-16(7-2)13(3,4)11(17)10-12-14-8-9-15(12)5/h8-9H,6-7,10H2,1-5H3. The molecule has 0 N–H and O–H groups in total. The molecule has 1 aromatic rings. The number of aromatic nitrogens is 2. The molecule has 0 aliphatic rings. The van der Waals surface area contributed by atoms with Crippen molar-refractivity contribution in [1.29, 1.82) is 0 Å². The Morgan fingerprint density at radius 1 is 1.41 bits per heavy atom. The average Bonchev–Trinajstić information content (AvgIpc) is 2.65. The van der Waals surface area contributed by atoms with Crippen LogP contribution in [0, 0.1) is 0 Å².